The molecule has 0 aliphatic heterocycles. The molecule has 0 bridgehead atoms. The molecule has 0 aromatic carbocycles. The van der Waals surface area contributed by atoms with Crippen LogP contribution < -0.4 is 58.2 Å². The smallest absolute Gasteiger partial charge is 0.651 e. The Balaban J connectivity index is 0. The molecule has 130 valence electrons. The molecule has 0 saturated heterocycles. The summed E-state index contributed by atoms with van der Waals surface area (Å²) in [4.78, 5) is 22.8. The van der Waals surface area contributed by atoms with E-state index in [1.807, 2.05) is 27.7 Å². The van der Waals surface area contributed by atoms with Crippen LogP contribution in [0.4, 0.5) is 0 Å². The second-order valence-electron chi connectivity index (χ2n) is 6.47. The summed E-state index contributed by atoms with van der Waals surface area (Å²) >= 11 is 0. The molecule has 0 fully saturated rings. The van der Waals surface area contributed by atoms with E-state index in [0.29, 0.717) is 18.6 Å². The Bertz CT molecular complexity index is 307. The van der Waals surface area contributed by atoms with Crippen molar-refractivity contribution in [1.82, 2.24) is 0 Å². The summed E-state index contributed by atoms with van der Waals surface area (Å²) in [6, 6.07) is 0.103. The molecule has 0 rings (SSSR count). The molecule has 5 heteroatoms. The normalized spacial score (nSPS) is 10.7. The van der Waals surface area contributed by atoms with Gasteiger partial charge in [-0.3, -0.25) is 4.79 Å². The third-order valence-corrected chi connectivity index (χ3v) is 3.44. The van der Waals surface area contributed by atoms with Crippen LogP contribution in [0, 0.1) is 5.92 Å². The first-order chi connectivity index (χ1) is 10.4. The zero-order chi connectivity index (χ0) is 16.8. The summed E-state index contributed by atoms with van der Waals surface area (Å²) in [7, 11) is 0. The van der Waals surface area contributed by atoms with Crippen LogP contribution >= 0.6 is 0 Å². The van der Waals surface area contributed by atoms with Gasteiger partial charge in [-0.15, -0.1) is 6.04 Å². The summed E-state index contributed by atoms with van der Waals surface area (Å²) in [5.74, 6) is 0.544. The topological polar surface area (TPSA) is 57.5 Å². The van der Waals surface area contributed by atoms with Crippen LogP contribution in [0.25, 0.3) is 5.32 Å². The standard InChI is InChI=1S/C18H35NO3.Rb/c1-15(2)17(20)11-7-5-9-13-22-14-10-6-8-12-18(21)19-16(3)4;/h15-16H,5-14H2,1-4H3,(H,19,21);/q;+1/p-1. The van der Waals surface area contributed by atoms with Gasteiger partial charge in [-0.2, -0.15) is 0 Å². The van der Waals surface area contributed by atoms with Crippen molar-refractivity contribution in [3.05, 3.63) is 5.32 Å². The Morgan fingerprint density at radius 2 is 1.35 bits per heavy atom. The molecule has 0 aromatic rings. The van der Waals surface area contributed by atoms with Crippen molar-refractivity contribution in [2.24, 2.45) is 5.92 Å². The molecular formula is C18H34NO3Rb. The number of Topliss-reactive ketones (excluding diaryl/α,β-unsaturated/α-hetero) is 1. The fourth-order valence-corrected chi connectivity index (χ4v) is 2.08. The van der Waals surface area contributed by atoms with Crippen molar-refractivity contribution < 1.29 is 72.5 Å². The second-order valence-corrected chi connectivity index (χ2v) is 6.47. The fraction of sp³-hybridized carbons (Fsp3) is 0.889. The predicted octanol–water partition coefficient (Wildman–Crippen LogP) is 1.66. The first-order valence-electron chi connectivity index (χ1n) is 8.77. The summed E-state index contributed by atoms with van der Waals surface area (Å²) in [5, 5.41) is 3.98. The van der Waals surface area contributed by atoms with Crippen LogP contribution in [-0.4, -0.2) is 30.9 Å². The Hall–Kier alpha value is 0.905. The van der Waals surface area contributed by atoms with E-state index in [4.69, 9.17) is 4.74 Å². The number of carbonyl (C=O) groups is 2. The maximum absolute atomic E-state index is 11.4. The molecule has 0 heterocycles. The molecule has 0 aromatic heterocycles. The van der Waals surface area contributed by atoms with E-state index >= 15 is 0 Å². The maximum Gasteiger partial charge on any atom is 1.00 e. The Labute approximate surface area is 191 Å². The number of rotatable bonds is 14. The van der Waals surface area contributed by atoms with E-state index < -0.39 is 0 Å². The van der Waals surface area contributed by atoms with E-state index in [1.165, 1.54) is 0 Å². The van der Waals surface area contributed by atoms with Gasteiger partial charge in [0.25, 0.3) is 0 Å². The molecule has 0 unspecified atom stereocenters. The van der Waals surface area contributed by atoms with Crippen molar-refractivity contribution in [3.8, 4) is 0 Å². The molecule has 0 aliphatic carbocycles. The minimum absolute atomic E-state index is 0. The van der Waals surface area contributed by atoms with E-state index in [9.17, 15) is 9.59 Å². The van der Waals surface area contributed by atoms with Gasteiger partial charge < -0.3 is 14.8 Å². The van der Waals surface area contributed by atoms with Crippen LogP contribution in [0.2, 0.25) is 0 Å². The molecule has 4 nitrogen and oxygen atoms in total. The quantitative estimate of drug-likeness (QED) is 0.419. The number of unbranched alkanes of at least 4 members (excludes halogenated alkanes) is 4. The van der Waals surface area contributed by atoms with Crippen molar-refractivity contribution in [2.75, 3.05) is 13.2 Å². The largest absolute Gasteiger partial charge is 1.00 e. The van der Waals surface area contributed by atoms with E-state index in [0.717, 1.165) is 51.7 Å². The predicted molar refractivity (Wildman–Crippen MR) is 91.1 cm³/mol. The van der Waals surface area contributed by atoms with Gasteiger partial charge in [0.1, 0.15) is 5.78 Å². The Morgan fingerprint density at radius 1 is 0.826 bits per heavy atom. The summed E-state index contributed by atoms with van der Waals surface area (Å²) < 4.78 is 5.57. The molecule has 23 heavy (non-hydrogen) atoms. The molecule has 0 N–H and O–H groups in total. The molecule has 0 aliphatic rings. The molecular weight excluding hydrogens is 364 g/mol. The SMILES string of the molecule is CC(C)[N-]C(=O)CCCCCOCCCCCC(=O)C(C)C.[Rb+]. The van der Waals surface area contributed by atoms with Crippen LogP contribution in [0.1, 0.15) is 79.1 Å². The van der Waals surface area contributed by atoms with Gasteiger partial charge >= 0.3 is 58.2 Å². The van der Waals surface area contributed by atoms with Gasteiger partial charge in [-0.05, 0) is 32.1 Å². The minimum atomic E-state index is 0. The molecule has 0 radical (unpaired) electrons. The van der Waals surface area contributed by atoms with Crippen LogP contribution in [0.3, 0.4) is 0 Å². The Morgan fingerprint density at radius 3 is 1.83 bits per heavy atom. The van der Waals surface area contributed by atoms with Gasteiger partial charge in [0, 0.05) is 25.6 Å². The average Bonchev–Trinajstić information content (AvgIpc) is 2.43. The van der Waals surface area contributed by atoms with Crippen LogP contribution in [-0.2, 0) is 14.3 Å². The summed E-state index contributed by atoms with van der Waals surface area (Å²) in [6.07, 6.45) is 7.23. The number of ketones is 1. The number of ether oxygens (including phenoxy) is 1. The molecule has 0 atom stereocenters. The number of amides is 1. The van der Waals surface area contributed by atoms with Crippen LogP contribution in [0.5, 0.6) is 0 Å². The van der Waals surface area contributed by atoms with Crippen molar-refractivity contribution >= 4 is 11.7 Å². The molecule has 0 spiro atoms. The van der Waals surface area contributed by atoms with Crippen molar-refractivity contribution in [1.29, 1.82) is 0 Å². The van der Waals surface area contributed by atoms with Gasteiger partial charge in [0.05, 0.1) is 5.91 Å². The maximum atomic E-state index is 11.4. The summed E-state index contributed by atoms with van der Waals surface area (Å²) in [6.45, 7) is 9.29. The number of hydrogen-bond donors (Lipinski definition) is 0. The first kappa shape index (κ1) is 26.1. The van der Waals surface area contributed by atoms with E-state index in [1.54, 1.807) is 0 Å². The van der Waals surface area contributed by atoms with E-state index in [2.05, 4.69) is 5.32 Å². The van der Waals surface area contributed by atoms with Gasteiger partial charge in [-0.1, -0.05) is 40.5 Å². The number of hydrogen-bond acceptors (Lipinski definition) is 3. The third kappa shape index (κ3) is 19.1. The van der Waals surface area contributed by atoms with Gasteiger partial charge in [0.2, 0.25) is 0 Å². The van der Waals surface area contributed by atoms with Crippen molar-refractivity contribution in [2.45, 2.75) is 85.1 Å². The van der Waals surface area contributed by atoms with Crippen LogP contribution in [0.15, 0.2) is 0 Å². The zero-order valence-corrected chi connectivity index (χ0v) is 20.8. The molecule has 0 saturated carbocycles. The summed E-state index contributed by atoms with van der Waals surface area (Å²) in [5.41, 5.74) is 0. The number of nitrogens with zero attached hydrogens (tertiary/aromatic N) is 1. The van der Waals surface area contributed by atoms with Gasteiger partial charge in [0.15, 0.2) is 0 Å². The third-order valence-electron chi connectivity index (χ3n) is 3.44. The molecule has 1 amide bonds. The zero-order valence-electron chi connectivity index (χ0n) is 15.9. The minimum Gasteiger partial charge on any atom is -0.651 e. The van der Waals surface area contributed by atoms with Crippen molar-refractivity contribution in [3.63, 3.8) is 0 Å². The first-order valence-corrected chi connectivity index (χ1v) is 8.77. The second kappa shape index (κ2) is 17.7. The van der Waals surface area contributed by atoms with E-state index in [-0.39, 0.29) is 76.1 Å². The Kier molecular flexibility index (Phi) is 20.1. The number of carbonyl (C=O) groups excluding carboxylic acids is 2. The average molecular weight is 398 g/mol. The fourth-order valence-electron chi connectivity index (χ4n) is 2.08. The van der Waals surface area contributed by atoms with Gasteiger partial charge in [-0.25, -0.2) is 0 Å². The monoisotopic (exact) mass is 397 g/mol.